The van der Waals surface area contributed by atoms with Crippen molar-refractivity contribution in [1.29, 1.82) is 0 Å². The molecular formula is C69H99N9O24P2S2. The first-order valence-electron chi connectivity index (χ1n) is 35.1. The van der Waals surface area contributed by atoms with Gasteiger partial charge in [-0.3, -0.25) is 38.8 Å². The van der Waals surface area contributed by atoms with Crippen molar-refractivity contribution in [2.75, 3.05) is 131 Å². The lowest BCUT2D eigenvalue weighted by molar-refractivity contribution is -0.158. The fourth-order valence-electron chi connectivity index (χ4n) is 11.8. The smallest absolute Gasteiger partial charge is 0.410 e. The van der Waals surface area contributed by atoms with Crippen LogP contribution in [0.3, 0.4) is 0 Å². The zero-order valence-corrected chi connectivity index (χ0v) is 64.2. The van der Waals surface area contributed by atoms with E-state index in [-0.39, 0.29) is 119 Å². The largest absolute Gasteiger partial charge is 0.474 e. The number of hydrogen-bond donors (Lipinski definition) is 6. The lowest BCUT2D eigenvalue weighted by Crippen LogP contribution is -2.44. The molecule has 586 valence electrons. The van der Waals surface area contributed by atoms with Crippen LogP contribution in [0.15, 0.2) is 78.2 Å². The highest BCUT2D eigenvalue weighted by Gasteiger charge is 2.50. The highest BCUT2D eigenvalue weighted by molar-refractivity contribution is 8.44. The second kappa shape index (κ2) is 42.6. The van der Waals surface area contributed by atoms with Crippen LogP contribution in [-0.2, 0) is 116 Å². The third-order valence-electron chi connectivity index (χ3n) is 17.2. The minimum atomic E-state index is -4.33. The van der Waals surface area contributed by atoms with Crippen molar-refractivity contribution < 1.29 is 109 Å². The first-order chi connectivity index (χ1) is 50.7. The molecule has 33 nitrogen and oxygen atoms in total. The molecule has 1 aliphatic heterocycles. The summed E-state index contributed by atoms with van der Waals surface area (Å²) < 4.78 is 101. The predicted octanol–water partition coefficient (Wildman–Crippen LogP) is 6.54. The fourth-order valence-corrected chi connectivity index (χ4v) is 14.9. The van der Waals surface area contributed by atoms with Gasteiger partial charge in [0.25, 0.3) is 11.5 Å². The number of thiol groups is 1. The predicted molar refractivity (Wildman–Crippen MR) is 389 cm³/mol. The first kappa shape index (κ1) is 85.3. The molecule has 5 aromatic rings. The highest BCUT2D eigenvalue weighted by atomic mass is 32.7. The molecule has 11 atom stereocenters. The molecule has 3 aromatic heterocycles. The number of carbonyl (C=O) groups excluding carboxylic acids is 5. The van der Waals surface area contributed by atoms with Crippen LogP contribution in [0.2, 0.25) is 0 Å². The van der Waals surface area contributed by atoms with Gasteiger partial charge in [-0.2, -0.15) is 4.98 Å². The molecule has 106 heavy (non-hydrogen) atoms. The third kappa shape index (κ3) is 28.0. The number of hydrogen-bond acceptors (Lipinski definition) is 28. The van der Waals surface area contributed by atoms with Gasteiger partial charge in [0.1, 0.15) is 30.7 Å². The van der Waals surface area contributed by atoms with Crippen LogP contribution < -0.4 is 20.9 Å². The second-order valence-electron chi connectivity index (χ2n) is 26.8. The number of carbonyl (C=O) groups is 5. The lowest BCUT2D eigenvalue weighted by atomic mass is 9.91. The normalized spacial score (nSPS) is 22.5. The van der Waals surface area contributed by atoms with Crippen molar-refractivity contribution in [2.24, 2.45) is 23.7 Å². The van der Waals surface area contributed by atoms with Crippen LogP contribution in [0.5, 0.6) is 5.88 Å². The standard InChI is InChI=1S/C69H99N9O24P2S2/c1-45(2)54(38-59(80)100-69(4,5)6)65(83)73-46(3)56(79)34-47-12-14-48(15-13-47)40-96-68(85)77(18-19-89-22-23-91-26-27-93-30-31-95-33-32-94-29-28-92-25-24-90-21-20-88-7)39-49-10-8-9-11-53(49)64(82)75-67-74-63-60(66(84)76-67)72-44-78(63)55-36-51-42-98-103(86,105)101-57-37-52(99-58-16-17-70-43-71-58)35-50(57)41-97-104(87,106)102-62(55)61(51)81/h8-17,43-46,50-52,54-55,57,61-62,81H,18-42H2,1-7H3,(H,73,83)(H,86,105)(H,87,106)(H2,74,75,76,82,84)/t46-,50+,51+,52+,54-,55+,57-,61+,62-,103?,104?/m0/s1. The number of nitrogens with one attached hydrogen (secondary N) is 3. The molecule has 5 N–H and O–H groups in total. The summed E-state index contributed by atoms with van der Waals surface area (Å²) in [6.07, 6.45) is -0.228. The van der Waals surface area contributed by atoms with Gasteiger partial charge >= 0.3 is 25.6 Å². The molecule has 2 bridgehead atoms. The van der Waals surface area contributed by atoms with Crippen molar-refractivity contribution in [3.63, 3.8) is 0 Å². The summed E-state index contributed by atoms with van der Waals surface area (Å²) in [7, 11) is 1.62. The van der Waals surface area contributed by atoms with E-state index in [4.69, 9.17) is 82.0 Å². The number of ketones is 1. The fraction of sp³-hybridized carbons (Fsp3) is 0.623. The van der Waals surface area contributed by atoms with Crippen molar-refractivity contribution >= 4 is 84.3 Å². The number of fused-ring (bicyclic) bond motifs is 4. The van der Waals surface area contributed by atoms with Crippen LogP contribution in [0.4, 0.5) is 10.7 Å². The Morgan fingerprint density at radius 3 is 2.02 bits per heavy atom. The van der Waals surface area contributed by atoms with Gasteiger partial charge in [-0.05, 0) is 81.0 Å². The number of esters is 1. The maximum atomic E-state index is 14.5. The van der Waals surface area contributed by atoms with Gasteiger partial charge in [-0.25, -0.2) is 24.3 Å². The first-order valence-corrected chi connectivity index (χ1v) is 40.4. The molecule has 2 aromatic carbocycles. The molecule has 2 aliphatic carbocycles. The number of imidazole rings is 1. The molecule has 3 fully saturated rings. The summed E-state index contributed by atoms with van der Waals surface area (Å²) in [6, 6.07) is 13.0. The van der Waals surface area contributed by atoms with Gasteiger partial charge in [0.05, 0.1) is 155 Å². The Labute approximate surface area is 625 Å². The number of aromatic nitrogens is 6. The zero-order valence-electron chi connectivity index (χ0n) is 60.7. The molecule has 2 saturated carbocycles. The highest BCUT2D eigenvalue weighted by Crippen LogP contribution is 2.59. The van der Waals surface area contributed by atoms with Crippen molar-refractivity contribution in [1.82, 2.24) is 39.7 Å². The third-order valence-corrected chi connectivity index (χ3v) is 20.4. The summed E-state index contributed by atoms with van der Waals surface area (Å²) in [4.78, 5) is 114. The number of aliphatic hydroxyl groups excluding tert-OH is 1. The molecule has 4 heterocycles. The number of H-pyrrole nitrogens is 1. The van der Waals surface area contributed by atoms with Crippen molar-refractivity contribution in [3.05, 3.63) is 106 Å². The van der Waals surface area contributed by atoms with E-state index in [0.29, 0.717) is 102 Å². The summed E-state index contributed by atoms with van der Waals surface area (Å²) in [5, 5.41) is 17.3. The molecular weight excluding hydrogens is 1460 g/mol. The molecule has 37 heteroatoms. The maximum absolute atomic E-state index is 14.5. The molecule has 0 radical (unpaired) electrons. The van der Waals surface area contributed by atoms with Crippen molar-refractivity contribution in [2.45, 2.75) is 129 Å². The number of aromatic amines is 1. The topological polar surface area (TPSA) is 398 Å². The van der Waals surface area contributed by atoms with Crippen LogP contribution in [-0.4, -0.2) is 236 Å². The quantitative estimate of drug-likeness (QED) is 0.0105. The van der Waals surface area contributed by atoms with E-state index in [1.54, 1.807) is 83.3 Å². The van der Waals surface area contributed by atoms with Crippen molar-refractivity contribution in [3.8, 4) is 5.88 Å². The van der Waals surface area contributed by atoms with Gasteiger partial charge in [0.15, 0.2) is 16.9 Å². The number of benzene rings is 2. The minimum Gasteiger partial charge on any atom is -0.474 e. The SMILES string of the molecule is COCCOCCOCCOCCOCCOCCOCCOCCN(Cc1ccccc1C(=O)Nc1nc2c(ncn2[C@@H]2C[C@@H]3COP(O)(=S)O[C@H]4C[C@H](Oc5ccncn5)C[C@@H]4COP(=O)(S)O[C@@H]2[C@@H]3O)c(=O)[nH]1)C(=O)OCc1ccc(CC(=O)[C@H](C)NC(=O)[C@@H](CC(=O)OC(C)(C)C)C(C)C)cc1. The monoisotopic (exact) mass is 1560 g/mol. The number of anilines is 1. The maximum Gasteiger partial charge on any atom is 0.410 e. The van der Waals surface area contributed by atoms with Gasteiger partial charge in [0.2, 0.25) is 17.7 Å². The number of Topliss-reactive ketones (excluding diaryl/α,β-unsaturated/α-hetero) is 1. The van der Waals surface area contributed by atoms with E-state index in [1.165, 1.54) is 34.4 Å². The summed E-state index contributed by atoms with van der Waals surface area (Å²) >= 11 is 9.80. The second-order valence-corrected chi connectivity index (χ2v) is 32.4. The number of nitrogens with zero attached hydrogens (tertiary/aromatic N) is 6. The molecule has 0 spiro atoms. The van der Waals surface area contributed by atoms with E-state index < -0.39 is 103 Å². The number of amides is 3. The Morgan fingerprint density at radius 2 is 1.41 bits per heavy atom. The summed E-state index contributed by atoms with van der Waals surface area (Å²) in [5.41, 5.74) is -0.0357. The van der Waals surface area contributed by atoms with Crippen LogP contribution in [0, 0.1) is 23.7 Å². The van der Waals surface area contributed by atoms with Gasteiger partial charge < -0.3 is 90.5 Å². The van der Waals surface area contributed by atoms with Crippen LogP contribution in [0.25, 0.3) is 11.2 Å². The number of ether oxygens (including phenoxy) is 11. The minimum absolute atomic E-state index is 0.0123. The Kier molecular flexibility index (Phi) is 34.3. The van der Waals surface area contributed by atoms with E-state index in [2.05, 4.69) is 47.8 Å². The Balaban J connectivity index is 0.881. The Bertz CT molecular complexity index is 3770. The molecule has 3 amide bonds. The Morgan fingerprint density at radius 1 is 0.792 bits per heavy atom. The molecule has 8 rings (SSSR count). The number of methoxy groups -OCH3 is 1. The van der Waals surface area contributed by atoms with E-state index in [9.17, 15) is 43.3 Å². The average molecular weight is 1560 g/mol. The Hall–Kier alpha value is -6.31. The van der Waals surface area contributed by atoms with Gasteiger partial charge in [-0.1, -0.05) is 68.6 Å². The van der Waals surface area contributed by atoms with Gasteiger partial charge in [0, 0.05) is 62.7 Å². The van der Waals surface area contributed by atoms with Gasteiger partial charge in [-0.15, -0.1) is 0 Å². The molecule has 3 aliphatic rings. The number of rotatable bonds is 41. The van der Waals surface area contributed by atoms with Crippen LogP contribution in [0.1, 0.15) is 100 Å². The zero-order chi connectivity index (χ0) is 76.2. The van der Waals surface area contributed by atoms with E-state index >= 15 is 0 Å². The average Bonchev–Trinajstić information content (AvgIpc) is 1.60. The number of aliphatic hydroxyl groups is 1. The summed E-state index contributed by atoms with van der Waals surface area (Å²) in [6.45, 7) is 6.64. The molecule has 1 saturated heterocycles. The summed E-state index contributed by atoms with van der Waals surface area (Å²) in [5.74, 6) is -4.24. The lowest BCUT2D eigenvalue weighted by Gasteiger charge is -2.27. The van der Waals surface area contributed by atoms with E-state index in [1.807, 2.05) is 13.8 Å². The van der Waals surface area contributed by atoms with Crippen LogP contribution >= 0.6 is 25.8 Å². The van der Waals surface area contributed by atoms with E-state index in [0.717, 1.165) is 0 Å². The molecule has 2 unspecified atom stereocenters.